The van der Waals surface area contributed by atoms with Crippen LogP contribution >= 0.6 is 0 Å². The molecule has 0 aliphatic carbocycles. The maximum Gasteiger partial charge on any atom is 0.240 e. The molecule has 1 aliphatic heterocycles. The number of aliphatic hydroxyl groups excluding tert-OH is 3. The Morgan fingerprint density at radius 1 is 1.35 bits per heavy atom. The third kappa shape index (κ3) is 2.77. The van der Waals surface area contributed by atoms with E-state index in [1.54, 1.807) is 0 Å². The molecule has 0 aromatic heterocycles. The van der Waals surface area contributed by atoms with Crippen LogP contribution in [0, 0.1) is 0 Å². The molecule has 0 spiro atoms. The number of carbonyl (C=O) groups excluding carboxylic acids is 1. The SMILES string of the molecule is CCNC1CCCN(C(CO)(CO)CO)C1=O. The first-order valence-electron chi connectivity index (χ1n) is 6.02. The highest BCUT2D eigenvalue weighted by Crippen LogP contribution is 2.22. The first-order valence-corrected chi connectivity index (χ1v) is 6.02. The highest BCUT2D eigenvalue weighted by molar-refractivity contribution is 5.83. The summed E-state index contributed by atoms with van der Waals surface area (Å²) in [5, 5.41) is 31.1. The van der Waals surface area contributed by atoms with Crippen LogP contribution in [0.5, 0.6) is 0 Å². The molecule has 1 unspecified atom stereocenters. The first-order chi connectivity index (χ1) is 8.15. The minimum atomic E-state index is -1.24. The average molecular weight is 246 g/mol. The maximum atomic E-state index is 12.2. The predicted molar refractivity (Wildman–Crippen MR) is 62.4 cm³/mol. The number of nitrogens with one attached hydrogen (secondary N) is 1. The molecule has 1 heterocycles. The molecular formula is C11H22N2O4. The Kier molecular flexibility index (Phi) is 5.32. The van der Waals surface area contributed by atoms with Crippen LogP contribution in [-0.2, 0) is 4.79 Å². The van der Waals surface area contributed by atoms with E-state index in [1.807, 2.05) is 6.92 Å². The number of aliphatic hydroxyl groups is 3. The Morgan fingerprint density at radius 3 is 2.41 bits per heavy atom. The third-order valence-corrected chi connectivity index (χ3v) is 3.34. The van der Waals surface area contributed by atoms with Crippen molar-refractivity contribution in [1.82, 2.24) is 10.2 Å². The maximum absolute atomic E-state index is 12.2. The van der Waals surface area contributed by atoms with E-state index in [0.717, 1.165) is 12.8 Å². The Hall–Kier alpha value is -0.690. The van der Waals surface area contributed by atoms with E-state index in [-0.39, 0.29) is 11.9 Å². The van der Waals surface area contributed by atoms with Gasteiger partial charge in [-0.05, 0) is 19.4 Å². The van der Waals surface area contributed by atoms with Crippen LogP contribution < -0.4 is 5.32 Å². The molecule has 0 saturated carbocycles. The minimum absolute atomic E-state index is 0.157. The summed E-state index contributed by atoms with van der Waals surface area (Å²) in [6, 6.07) is -0.280. The van der Waals surface area contributed by atoms with Gasteiger partial charge in [0.1, 0.15) is 5.54 Å². The van der Waals surface area contributed by atoms with Crippen LogP contribution in [-0.4, -0.2) is 70.6 Å². The zero-order chi connectivity index (χ0) is 12.9. The average Bonchev–Trinajstić information content (AvgIpc) is 2.36. The van der Waals surface area contributed by atoms with Gasteiger partial charge < -0.3 is 25.5 Å². The number of nitrogens with zero attached hydrogens (tertiary/aromatic N) is 1. The van der Waals surface area contributed by atoms with Crippen LogP contribution in [0.3, 0.4) is 0 Å². The monoisotopic (exact) mass is 246 g/mol. The van der Waals surface area contributed by atoms with Gasteiger partial charge in [0.2, 0.25) is 5.91 Å². The first kappa shape index (κ1) is 14.4. The highest BCUT2D eigenvalue weighted by atomic mass is 16.3. The number of carbonyl (C=O) groups is 1. The van der Waals surface area contributed by atoms with E-state index in [4.69, 9.17) is 0 Å². The summed E-state index contributed by atoms with van der Waals surface area (Å²) in [7, 11) is 0. The lowest BCUT2D eigenvalue weighted by Gasteiger charge is -2.44. The van der Waals surface area contributed by atoms with Crippen LogP contribution in [0.15, 0.2) is 0 Å². The number of likely N-dealkylation sites (N-methyl/N-ethyl adjacent to an activating group) is 1. The van der Waals surface area contributed by atoms with E-state index in [2.05, 4.69) is 5.32 Å². The number of amides is 1. The number of rotatable bonds is 6. The molecule has 0 aromatic rings. The Labute approximate surface area is 101 Å². The molecule has 1 saturated heterocycles. The van der Waals surface area contributed by atoms with Gasteiger partial charge in [0.05, 0.1) is 25.9 Å². The van der Waals surface area contributed by atoms with Crippen molar-refractivity contribution in [2.24, 2.45) is 0 Å². The molecule has 6 nitrogen and oxygen atoms in total. The van der Waals surface area contributed by atoms with Gasteiger partial charge in [0, 0.05) is 6.54 Å². The molecule has 1 rings (SSSR count). The van der Waals surface area contributed by atoms with Crippen molar-refractivity contribution in [2.45, 2.75) is 31.3 Å². The van der Waals surface area contributed by atoms with Crippen molar-refractivity contribution < 1.29 is 20.1 Å². The molecule has 0 radical (unpaired) electrons. The van der Waals surface area contributed by atoms with Crippen molar-refractivity contribution >= 4 is 5.91 Å². The standard InChI is InChI=1S/C11H22N2O4/c1-2-12-9-4-3-5-13(10(9)17)11(6-14,7-15)8-16/h9,12,14-16H,2-8H2,1H3. The fourth-order valence-corrected chi connectivity index (χ4v) is 2.19. The molecule has 1 fully saturated rings. The summed E-state index contributed by atoms with van der Waals surface area (Å²) < 4.78 is 0. The van der Waals surface area contributed by atoms with Gasteiger partial charge in [-0.3, -0.25) is 4.79 Å². The van der Waals surface area contributed by atoms with Crippen LogP contribution in [0.2, 0.25) is 0 Å². The van der Waals surface area contributed by atoms with Crippen molar-refractivity contribution in [3.63, 3.8) is 0 Å². The van der Waals surface area contributed by atoms with Crippen molar-refractivity contribution in [2.75, 3.05) is 32.9 Å². The molecule has 1 amide bonds. The fraction of sp³-hybridized carbons (Fsp3) is 0.909. The molecule has 4 N–H and O–H groups in total. The predicted octanol–water partition coefficient (Wildman–Crippen LogP) is -1.70. The van der Waals surface area contributed by atoms with Crippen molar-refractivity contribution in [3.8, 4) is 0 Å². The smallest absolute Gasteiger partial charge is 0.240 e. The second-order valence-corrected chi connectivity index (χ2v) is 4.44. The van der Waals surface area contributed by atoms with E-state index < -0.39 is 25.4 Å². The van der Waals surface area contributed by atoms with Gasteiger partial charge in [-0.15, -0.1) is 0 Å². The summed E-state index contributed by atoms with van der Waals surface area (Å²) >= 11 is 0. The molecule has 1 aliphatic rings. The lowest BCUT2D eigenvalue weighted by molar-refractivity contribution is -0.151. The second kappa shape index (κ2) is 6.30. The zero-order valence-electron chi connectivity index (χ0n) is 10.2. The molecule has 0 bridgehead atoms. The quantitative estimate of drug-likeness (QED) is 0.448. The zero-order valence-corrected chi connectivity index (χ0v) is 10.2. The van der Waals surface area contributed by atoms with Crippen molar-refractivity contribution in [1.29, 1.82) is 0 Å². The van der Waals surface area contributed by atoms with Crippen LogP contribution in [0.25, 0.3) is 0 Å². The minimum Gasteiger partial charge on any atom is -0.394 e. The lowest BCUT2D eigenvalue weighted by Crippen LogP contribution is -2.64. The second-order valence-electron chi connectivity index (χ2n) is 4.44. The fourth-order valence-electron chi connectivity index (χ4n) is 2.19. The Bertz CT molecular complexity index is 246. The molecule has 17 heavy (non-hydrogen) atoms. The molecule has 100 valence electrons. The Balaban J connectivity index is 2.84. The van der Waals surface area contributed by atoms with Gasteiger partial charge in [0.15, 0.2) is 0 Å². The summed E-state index contributed by atoms with van der Waals surface area (Å²) in [6.07, 6.45) is 1.55. The summed E-state index contributed by atoms with van der Waals surface area (Å²) in [5.74, 6) is -0.157. The Morgan fingerprint density at radius 2 is 1.94 bits per heavy atom. The summed E-state index contributed by atoms with van der Waals surface area (Å²) in [5.41, 5.74) is -1.24. The number of piperidine rings is 1. The highest BCUT2D eigenvalue weighted by Gasteiger charge is 2.42. The number of hydrogen-bond acceptors (Lipinski definition) is 5. The third-order valence-electron chi connectivity index (χ3n) is 3.34. The van der Waals surface area contributed by atoms with E-state index in [0.29, 0.717) is 13.1 Å². The largest absolute Gasteiger partial charge is 0.394 e. The van der Waals surface area contributed by atoms with Gasteiger partial charge in [-0.1, -0.05) is 6.92 Å². The molecular weight excluding hydrogens is 224 g/mol. The topological polar surface area (TPSA) is 93.0 Å². The van der Waals surface area contributed by atoms with E-state index >= 15 is 0 Å². The molecule has 6 heteroatoms. The molecule has 1 atom stereocenters. The normalized spacial score (nSPS) is 22.0. The van der Waals surface area contributed by atoms with E-state index in [9.17, 15) is 20.1 Å². The van der Waals surface area contributed by atoms with E-state index in [1.165, 1.54) is 4.90 Å². The van der Waals surface area contributed by atoms with Gasteiger partial charge in [-0.2, -0.15) is 0 Å². The van der Waals surface area contributed by atoms with Crippen LogP contribution in [0.4, 0.5) is 0 Å². The molecule has 0 aromatic carbocycles. The summed E-state index contributed by atoms with van der Waals surface area (Å²) in [6.45, 7) is 1.75. The number of hydrogen-bond donors (Lipinski definition) is 4. The van der Waals surface area contributed by atoms with Crippen molar-refractivity contribution in [3.05, 3.63) is 0 Å². The van der Waals surface area contributed by atoms with Gasteiger partial charge >= 0.3 is 0 Å². The van der Waals surface area contributed by atoms with Gasteiger partial charge in [-0.25, -0.2) is 0 Å². The van der Waals surface area contributed by atoms with Gasteiger partial charge in [0.25, 0.3) is 0 Å². The van der Waals surface area contributed by atoms with Crippen LogP contribution in [0.1, 0.15) is 19.8 Å². The lowest BCUT2D eigenvalue weighted by atomic mass is 9.94. The number of likely N-dealkylation sites (tertiary alicyclic amines) is 1. The summed E-state index contributed by atoms with van der Waals surface area (Å²) in [4.78, 5) is 13.6.